The zero-order chi connectivity index (χ0) is 18.5. The number of amides is 1. The molecule has 0 bridgehead atoms. The minimum absolute atomic E-state index is 0.00371. The van der Waals surface area contributed by atoms with Crippen LogP contribution < -0.4 is 5.32 Å². The van der Waals surface area contributed by atoms with Gasteiger partial charge in [0.1, 0.15) is 11.9 Å². The van der Waals surface area contributed by atoms with E-state index in [1.165, 1.54) is 0 Å². The largest absolute Gasteiger partial charge is 0.379 e. The van der Waals surface area contributed by atoms with Crippen molar-refractivity contribution >= 4 is 5.91 Å². The average molecular weight is 362 g/mol. The van der Waals surface area contributed by atoms with Gasteiger partial charge >= 0.3 is 0 Å². The number of aryl methyl sites for hydroxylation is 4. The van der Waals surface area contributed by atoms with E-state index in [0.717, 1.165) is 29.1 Å². The molecule has 8 heteroatoms. The van der Waals surface area contributed by atoms with Gasteiger partial charge in [0.25, 0.3) is 0 Å². The molecule has 8 nitrogen and oxygen atoms in total. The van der Waals surface area contributed by atoms with E-state index in [4.69, 9.17) is 14.0 Å². The Hall–Kier alpha value is -2.19. The molecular weight excluding hydrogens is 336 g/mol. The fourth-order valence-electron chi connectivity index (χ4n) is 3.02. The Bertz CT molecular complexity index is 720. The lowest BCUT2D eigenvalue weighted by molar-refractivity contribution is -0.127. The highest BCUT2D eigenvalue weighted by molar-refractivity contribution is 5.76. The van der Waals surface area contributed by atoms with Gasteiger partial charge < -0.3 is 19.3 Å². The van der Waals surface area contributed by atoms with Crippen molar-refractivity contribution in [2.75, 3.05) is 13.2 Å². The molecule has 1 aliphatic rings. The van der Waals surface area contributed by atoms with Crippen molar-refractivity contribution in [3.05, 3.63) is 35.0 Å². The lowest BCUT2D eigenvalue weighted by atomic mass is 10.1. The molecule has 0 aliphatic carbocycles. The number of carbonyl (C=O) groups excluding carboxylic acids is 1. The molecule has 1 saturated heterocycles. The first-order chi connectivity index (χ1) is 12.5. The smallest absolute Gasteiger partial charge is 0.222 e. The van der Waals surface area contributed by atoms with Gasteiger partial charge in [-0.2, -0.15) is 5.10 Å². The molecular formula is C18H26N4O4. The second-order valence-electron chi connectivity index (χ2n) is 6.66. The summed E-state index contributed by atoms with van der Waals surface area (Å²) < 4.78 is 18.5. The SMILES string of the molecule is Cc1ccn(CCC(=O)N[C@@H]2CCOC[C@H]2OCc2c(C)noc2C)n1. The number of carbonyl (C=O) groups is 1. The Kier molecular flexibility index (Phi) is 6.05. The zero-order valence-electron chi connectivity index (χ0n) is 15.5. The number of ether oxygens (including phenoxy) is 2. The molecule has 3 heterocycles. The Balaban J connectivity index is 1.50. The van der Waals surface area contributed by atoms with E-state index in [0.29, 0.717) is 32.8 Å². The van der Waals surface area contributed by atoms with Crippen LogP contribution in [0, 0.1) is 20.8 Å². The normalized spacial score (nSPS) is 20.3. The first-order valence-corrected chi connectivity index (χ1v) is 8.93. The monoisotopic (exact) mass is 362 g/mol. The summed E-state index contributed by atoms with van der Waals surface area (Å²) in [6, 6.07) is 1.87. The van der Waals surface area contributed by atoms with Gasteiger partial charge in [0.15, 0.2) is 0 Å². The Morgan fingerprint density at radius 3 is 2.96 bits per heavy atom. The van der Waals surface area contributed by atoms with Crippen LogP contribution in [0.5, 0.6) is 0 Å². The third kappa shape index (κ3) is 4.70. The van der Waals surface area contributed by atoms with Crippen LogP contribution in [0.3, 0.4) is 0 Å². The molecule has 2 aromatic heterocycles. The van der Waals surface area contributed by atoms with Crippen molar-refractivity contribution in [3.63, 3.8) is 0 Å². The summed E-state index contributed by atoms with van der Waals surface area (Å²) in [4.78, 5) is 12.3. The first-order valence-electron chi connectivity index (χ1n) is 8.93. The van der Waals surface area contributed by atoms with Crippen molar-refractivity contribution < 1.29 is 18.8 Å². The highest BCUT2D eigenvalue weighted by Crippen LogP contribution is 2.18. The molecule has 1 amide bonds. The van der Waals surface area contributed by atoms with Crippen LogP contribution in [0.2, 0.25) is 0 Å². The molecule has 0 saturated carbocycles. The molecule has 3 rings (SSSR count). The van der Waals surface area contributed by atoms with Crippen molar-refractivity contribution in [1.82, 2.24) is 20.3 Å². The van der Waals surface area contributed by atoms with Crippen molar-refractivity contribution in [2.45, 2.75) is 58.9 Å². The quantitative estimate of drug-likeness (QED) is 0.806. The third-order valence-electron chi connectivity index (χ3n) is 4.62. The van der Waals surface area contributed by atoms with E-state index in [1.54, 1.807) is 4.68 Å². The topological polar surface area (TPSA) is 91.4 Å². The number of hydrogen-bond acceptors (Lipinski definition) is 6. The summed E-state index contributed by atoms with van der Waals surface area (Å²) >= 11 is 0. The first kappa shape index (κ1) is 18.6. The summed E-state index contributed by atoms with van der Waals surface area (Å²) in [5.74, 6) is 0.755. The molecule has 1 N–H and O–H groups in total. The minimum atomic E-state index is -0.187. The van der Waals surface area contributed by atoms with Crippen molar-refractivity contribution in [1.29, 1.82) is 0 Å². The molecule has 2 atom stereocenters. The molecule has 26 heavy (non-hydrogen) atoms. The molecule has 0 unspecified atom stereocenters. The van der Waals surface area contributed by atoms with Gasteiger partial charge in [-0.25, -0.2) is 0 Å². The van der Waals surface area contributed by atoms with Gasteiger partial charge in [0.05, 0.1) is 30.6 Å². The van der Waals surface area contributed by atoms with Gasteiger partial charge in [-0.05, 0) is 33.3 Å². The van der Waals surface area contributed by atoms with E-state index in [9.17, 15) is 4.79 Å². The third-order valence-corrected chi connectivity index (χ3v) is 4.62. The number of nitrogens with zero attached hydrogens (tertiary/aromatic N) is 3. The van der Waals surface area contributed by atoms with E-state index in [2.05, 4.69) is 15.6 Å². The Morgan fingerprint density at radius 2 is 2.27 bits per heavy atom. The predicted octanol–water partition coefficient (Wildman–Crippen LogP) is 1.68. The molecule has 0 radical (unpaired) electrons. The van der Waals surface area contributed by atoms with Crippen LogP contribution >= 0.6 is 0 Å². The predicted molar refractivity (Wildman–Crippen MR) is 93.5 cm³/mol. The molecule has 2 aromatic rings. The molecule has 142 valence electrons. The minimum Gasteiger partial charge on any atom is -0.379 e. The lowest BCUT2D eigenvalue weighted by Crippen LogP contribution is -2.50. The maximum Gasteiger partial charge on any atom is 0.222 e. The summed E-state index contributed by atoms with van der Waals surface area (Å²) in [5, 5.41) is 11.3. The van der Waals surface area contributed by atoms with Crippen molar-refractivity contribution in [2.24, 2.45) is 0 Å². The van der Waals surface area contributed by atoms with Crippen LogP contribution in [-0.2, 0) is 27.4 Å². The molecule has 1 fully saturated rings. The summed E-state index contributed by atoms with van der Waals surface area (Å²) in [6.45, 7) is 7.73. The van der Waals surface area contributed by atoms with E-state index < -0.39 is 0 Å². The van der Waals surface area contributed by atoms with Crippen LogP contribution in [0.4, 0.5) is 0 Å². The molecule has 0 spiro atoms. The maximum absolute atomic E-state index is 12.3. The van der Waals surface area contributed by atoms with Crippen molar-refractivity contribution in [3.8, 4) is 0 Å². The second-order valence-corrected chi connectivity index (χ2v) is 6.66. The number of aromatic nitrogens is 3. The van der Waals surface area contributed by atoms with Crippen LogP contribution in [-0.4, -0.2) is 46.2 Å². The zero-order valence-corrected chi connectivity index (χ0v) is 15.5. The summed E-state index contributed by atoms with van der Waals surface area (Å²) in [5.41, 5.74) is 2.73. The molecule has 0 aromatic carbocycles. The van der Waals surface area contributed by atoms with Gasteiger partial charge in [0.2, 0.25) is 5.91 Å². The van der Waals surface area contributed by atoms with Gasteiger partial charge in [0, 0.05) is 31.3 Å². The van der Waals surface area contributed by atoms with Gasteiger partial charge in [-0.15, -0.1) is 0 Å². The second kappa shape index (κ2) is 8.46. The van der Waals surface area contributed by atoms with E-state index in [1.807, 2.05) is 33.0 Å². The maximum atomic E-state index is 12.3. The number of hydrogen-bond donors (Lipinski definition) is 1. The average Bonchev–Trinajstić information content (AvgIpc) is 3.18. The summed E-state index contributed by atoms with van der Waals surface area (Å²) in [7, 11) is 0. The highest BCUT2D eigenvalue weighted by Gasteiger charge is 2.28. The fourth-order valence-corrected chi connectivity index (χ4v) is 3.02. The number of nitrogens with one attached hydrogen (secondary N) is 1. The van der Waals surface area contributed by atoms with Gasteiger partial charge in [-0.1, -0.05) is 5.16 Å². The Labute approximate surface area is 152 Å². The molecule has 1 aliphatic heterocycles. The summed E-state index contributed by atoms with van der Waals surface area (Å²) in [6.07, 6.45) is 2.81. The fraction of sp³-hybridized carbons (Fsp3) is 0.611. The Morgan fingerprint density at radius 1 is 1.42 bits per heavy atom. The van der Waals surface area contributed by atoms with Crippen LogP contribution in [0.1, 0.15) is 35.6 Å². The lowest BCUT2D eigenvalue weighted by Gasteiger charge is -2.32. The van der Waals surface area contributed by atoms with E-state index in [-0.39, 0.29) is 18.1 Å². The van der Waals surface area contributed by atoms with Gasteiger partial charge in [-0.3, -0.25) is 9.48 Å². The highest BCUT2D eigenvalue weighted by atomic mass is 16.5. The van der Waals surface area contributed by atoms with E-state index >= 15 is 0 Å². The van der Waals surface area contributed by atoms with Crippen LogP contribution in [0.15, 0.2) is 16.8 Å². The standard InChI is InChI=1S/C18H26N4O4/c1-12-4-7-22(20-12)8-5-18(23)19-16-6-9-24-11-17(16)25-10-15-13(2)21-26-14(15)3/h4,7,16-17H,5-6,8-11H2,1-3H3,(H,19,23)/t16-,17-/m1/s1. The van der Waals surface area contributed by atoms with Crippen LogP contribution in [0.25, 0.3) is 0 Å². The number of rotatable bonds is 7.